The van der Waals surface area contributed by atoms with E-state index in [0.29, 0.717) is 0 Å². The van der Waals surface area contributed by atoms with E-state index in [9.17, 15) is 4.79 Å². The molecule has 5 heteroatoms. The predicted octanol–water partition coefficient (Wildman–Crippen LogP) is 0.516. The Morgan fingerprint density at radius 1 is 1.41 bits per heavy atom. The summed E-state index contributed by atoms with van der Waals surface area (Å²) in [5, 5.41) is 5.82. The molecule has 0 spiro atoms. The van der Waals surface area contributed by atoms with E-state index in [1.807, 2.05) is 42.3 Å². The SMILES string of the molecule is CN1CCN=C1NCC(=O)Nc1ccccc1. The van der Waals surface area contributed by atoms with Gasteiger partial charge in [0.05, 0.1) is 13.1 Å². The molecule has 0 bridgehead atoms. The Hall–Kier alpha value is -2.04. The Labute approximate surface area is 101 Å². The van der Waals surface area contributed by atoms with Crippen molar-refractivity contribution in [3.8, 4) is 0 Å². The zero-order valence-electron chi connectivity index (χ0n) is 9.81. The summed E-state index contributed by atoms with van der Waals surface area (Å²) in [6, 6.07) is 9.40. The van der Waals surface area contributed by atoms with Crippen LogP contribution in [0.15, 0.2) is 35.3 Å². The van der Waals surface area contributed by atoms with Crippen molar-refractivity contribution in [3.05, 3.63) is 30.3 Å². The first kappa shape index (κ1) is 11.4. The number of hydrogen-bond donors (Lipinski definition) is 2. The largest absolute Gasteiger partial charge is 0.347 e. The number of nitrogens with one attached hydrogen (secondary N) is 2. The number of carbonyl (C=O) groups is 1. The van der Waals surface area contributed by atoms with Crippen LogP contribution in [0.3, 0.4) is 0 Å². The van der Waals surface area contributed by atoms with Crippen molar-refractivity contribution in [2.45, 2.75) is 0 Å². The van der Waals surface area contributed by atoms with Crippen molar-refractivity contribution < 1.29 is 4.79 Å². The van der Waals surface area contributed by atoms with Gasteiger partial charge >= 0.3 is 0 Å². The third kappa shape index (κ3) is 3.21. The van der Waals surface area contributed by atoms with E-state index in [2.05, 4.69) is 15.6 Å². The number of benzene rings is 1. The highest BCUT2D eigenvalue weighted by atomic mass is 16.1. The van der Waals surface area contributed by atoms with Crippen LogP contribution >= 0.6 is 0 Å². The number of likely N-dealkylation sites (N-methyl/N-ethyl adjacent to an activating group) is 1. The normalized spacial score (nSPS) is 14.4. The monoisotopic (exact) mass is 232 g/mol. The van der Waals surface area contributed by atoms with Crippen LogP contribution in [0.25, 0.3) is 0 Å². The fourth-order valence-corrected chi connectivity index (χ4v) is 1.61. The molecule has 0 unspecified atom stereocenters. The van der Waals surface area contributed by atoms with Crippen LogP contribution in [0, 0.1) is 0 Å². The van der Waals surface area contributed by atoms with Gasteiger partial charge < -0.3 is 15.5 Å². The zero-order chi connectivity index (χ0) is 12.1. The van der Waals surface area contributed by atoms with Gasteiger partial charge in [-0.3, -0.25) is 9.79 Å². The Bertz CT molecular complexity index is 416. The highest BCUT2D eigenvalue weighted by Gasteiger charge is 2.12. The average Bonchev–Trinajstić information content (AvgIpc) is 2.74. The van der Waals surface area contributed by atoms with Crippen LogP contribution in [0.4, 0.5) is 5.69 Å². The Morgan fingerprint density at radius 2 is 2.18 bits per heavy atom. The highest BCUT2D eigenvalue weighted by molar-refractivity contribution is 5.95. The minimum atomic E-state index is -0.0702. The molecule has 0 aliphatic carbocycles. The Balaban J connectivity index is 1.78. The van der Waals surface area contributed by atoms with E-state index in [1.54, 1.807) is 0 Å². The maximum atomic E-state index is 11.6. The van der Waals surface area contributed by atoms with Crippen LogP contribution in [-0.4, -0.2) is 43.4 Å². The lowest BCUT2D eigenvalue weighted by molar-refractivity contribution is -0.115. The molecule has 0 atom stereocenters. The second-order valence-electron chi connectivity index (χ2n) is 3.89. The second kappa shape index (κ2) is 5.34. The topological polar surface area (TPSA) is 56.7 Å². The van der Waals surface area contributed by atoms with Gasteiger partial charge in [0.1, 0.15) is 0 Å². The number of hydrogen-bond acceptors (Lipinski definition) is 4. The first-order valence-corrected chi connectivity index (χ1v) is 5.60. The zero-order valence-corrected chi connectivity index (χ0v) is 9.81. The van der Waals surface area contributed by atoms with E-state index in [-0.39, 0.29) is 12.5 Å². The quantitative estimate of drug-likeness (QED) is 0.798. The summed E-state index contributed by atoms with van der Waals surface area (Å²) >= 11 is 0. The number of aliphatic imine (C=N–C) groups is 1. The van der Waals surface area contributed by atoms with Gasteiger partial charge in [0.15, 0.2) is 5.96 Å². The number of para-hydroxylation sites is 1. The van der Waals surface area contributed by atoms with Gasteiger partial charge in [0.25, 0.3) is 0 Å². The van der Waals surface area contributed by atoms with Gasteiger partial charge in [-0.15, -0.1) is 0 Å². The summed E-state index contributed by atoms with van der Waals surface area (Å²) in [5.41, 5.74) is 0.806. The maximum Gasteiger partial charge on any atom is 0.243 e. The van der Waals surface area contributed by atoms with Gasteiger partial charge in [-0.25, -0.2) is 0 Å². The summed E-state index contributed by atoms with van der Waals surface area (Å²) in [5.74, 6) is 0.715. The first-order chi connectivity index (χ1) is 8.25. The molecule has 1 aliphatic rings. The molecule has 2 rings (SSSR count). The standard InChI is InChI=1S/C12H16N4O/c1-16-8-7-13-12(16)14-9-11(17)15-10-5-3-2-4-6-10/h2-6H,7-9H2,1H3,(H,13,14)(H,15,17). The molecule has 5 nitrogen and oxygen atoms in total. The lowest BCUT2D eigenvalue weighted by atomic mass is 10.3. The molecule has 0 radical (unpaired) electrons. The van der Waals surface area contributed by atoms with Crippen molar-refractivity contribution in [1.29, 1.82) is 0 Å². The van der Waals surface area contributed by atoms with Crippen molar-refractivity contribution >= 4 is 17.6 Å². The number of nitrogens with zero attached hydrogens (tertiary/aromatic N) is 2. The Morgan fingerprint density at radius 3 is 2.82 bits per heavy atom. The second-order valence-corrected chi connectivity index (χ2v) is 3.89. The van der Waals surface area contributed by atoms with Crippen molar-refractivity contribution in [1.82, 2.24) is 10.2 Å². The Kier molecular flexibility index (Phi) is 3.59. The van der Waals surface area contributed by atoms with E-state index in [1.165, 1.54) is 0 Å². The molecule has 0 aromatic heterocycles. The molecule has 1 aromatic rings. The molecular formula is C12H16N4O. The van der Waals surface area contributed by atoms with Crippen molar-refractivity contribution in [2.24, 2.45) is 4.99 Å². The summed E-state index contributed by atoms with van der Waals surface area (Å²) < 4.78 is 0. The van der Waals surface area contributed by atoms with E-state index in [0.717, 1.165) is 24.7 Å². The molecule has 17 heavy (non-hydrogen) atoms. The first-order valence-electron chi connectivity index (χ1n) is 5.60. The lowest BCUT2D eigenvalue weighted by Gasteiger charge is -2.14. The minimum absolute atomic E-state index is 0.0702. The van der Waals surface area contributed by atoms with Crippen LogP contribution in [0.1, 0.15) is 0 Å². The number of amides is 1. The van der Waals surface area contributed by atoms with Crippen molar-refractivity contribution in [2.75, 3.05) is 32.0 Å². The fraction of sp³-hybridized carbons (Fsp3) is 0.333. The molecule has 0 fully saturated rings. The molecule has 2 N–H and O–H groups in total. The summed E-state index contributed by atoms with van der Waals surface area (Å²) in [6.07, 6.45) is 0. The van der Waals surface area contributed by atoms with E-state index >= 15 is 0 Å². The average molecular weight is 232 g/mol. The molecule has 1 aromatic carbocycles. The lowest BCUT2D eigenvalue weighted by Crippen LogP contribution is -2.39. The third-order valence-corrected chi connectivity index (χ3v) is 2.52. The van der Waals surface area contributed by atoms with Gasteiger partial charge in [-0.2, -0.15) is 0 Å². The van der Waals surface area contributed by atoms with Gasteiger partial charge in [-0.05, 0) is 12.1 Å². The van der Waals surface area contributed by atoms with Gasteiger partial charge in [0.2, 0.25) is 5.91 Å². The third-order valence-electron chi connectivity index (χ3n) is 2.52. The molecule has 1 amide bonds. The van der Waals surface area contributed by atoms with Crippen LogP contribution in [-0.2, 0) is 4.79 Å². The molecule has 1 heterocycles. The van der Waals surface area contributed by atoms with E-state index < -0.39 is 0 Å². The van der Waals surface area contributed by atoms with Crippen LogP contribution < -0.4 is 10.6 Å². The number of anilines is 1. The number of rotatable bonds is 3. The molecular weight excluding hydrogens is 216 g/mol. The van der Waals surface area contributed by atoms with Gasteiger partial charge in [0, 0.05) is 19.3 Å². The molecule has 1 aliphatic heterocycles. The van der Waals surface area contributed by atoms with Gasteiger partial charge in [-0.1, -0.05) is 18.2 Å². The summed E-state index contributed by atoms with van der Waals surface area (Å²) in [6.45, 7) is 1.93. The van der Waals surface area contributed by atoms with Crippen molar-refractivity contribution in [3.63, 3.8) is 0 Å². The van der Waals surface area contributed by atoms with E-state index in [4.69, 9.17) is 0 Å². The minimum Gasteiger partial charge on any atom is -0.347 e. The fourth-order valence-electron chi connectivity index (χ4n) is 1.61. The maximum absolute atomic E-state index is 11.6. The molecule has 0 saturated heterocycles. The summed E-state index contributed by atoms with van der Waals surface area (Å²) in [7, 11) is 1.95. The summed E-state index contributed by atoms with van der Waals surface area (Å²) in [4.78, 5) is 17.9. The molecule has 90 valence electrons. The highest BCUT2D eigenvalue weighted by Crippen LogP contribution is 2.04. The van der Waals surface area contributed by atoms with Crippen LogP contribution in [0.2, 0.25) is 0 Å². The smallest absolute Gasteiger partial charge is 0.243 e. The number of guanidine groups is 1. The molecule has 0 saturated carbocycles. The number of carbonyl (C=O) groups excluding carboxylic acids is 1. The van der Waals surface area contributed by atoms with Crippen LogP contribution in [0.5, 0.6) is 0 Å². The predicted molar refractivity (Wildman–Crippen MR) is 68.0 cm³/mol.